The monoisotopic (exact) mass is 341 g/mol. The van der Waals surface area contributed by atoms with Gasteiger partial charge in [0.25, 0.3) is 5.91 Å². The summed E-state index contributed by atoms with van der Waals surface area (Å²) >= 11 is 1.81. The molecule has 24 heavy (non-hydrogen) atoms. The van der Waals surface area contributed by atoms with E-state index in [-0.39, 0.29) is 5.91 Å². The Kier molecular flexibility index (Phi) is 7.43. The van der Waals surface area contributed by atoms with Crippen molar-refractivity contribution < 1.29 is 9.53 Å². The van der Waals surface area contributed by atoms with E-state index in [1.807, 2.05) is 49.0 Å². The van der Waals surface area contributed by atoms with Gasteiger partial charge in [-0.3, -0.25) is 4.79 Å². The summed E-state index contributed by atoms with van der Waals surface area (Å²) < 4.78 is 5.57. The van der Waals surface area contributed by atoms with Crippen LogP contribution in [-0.2, 0) is 5.75 Å². The van der Waals surface area contributed by atoms with Gasteiger partial charge in [0.15, 0.2) is 0 Å². The summed E-state index contributed by atoms with van der Waals surface area (Å²) in [4.78, 5) is 12.2. The van der Waals surface area contributed by atoms with Gasteiger partial charge in [0, 0.05) is 23.6 Å². The summed E-state index contributed by atoms with van der Waals surface area (Å²) in [5.74, 6) is 2.45. The van der Waals surface area contributed by atoms with Gasteiger partial charge in [0.05, 0.1) is 0 Å². The van der Waals surface area contributed by atoms with Crippen molar-refractivity contribution in [3.63, 3.8) is 0 Å². The number of ether oxygens (including phenoxy) is 1. The van der Waals surface area contributed by atoms with Crippen LogP contribution < -0.4 is 10.1 Å². The second-order valence-corrected chi connectivity index (χ2v) is 6.67. The average Bonchev–Trinajstić information content (AvgIpc) is 2.60. The van der Waals surface area contributed by atoms with Gasteiger partial charge < -0.3 is 10.1 Å². The number of benzene rings is 2. The highest BCUT2D eigenvalue weighted by molar-refractivity contribution is 7.98. The molecule has 4 heteroatoms. The minimum absolute atomic E-state index is 0.0731. The molecule has 0 radical (unpaired) electrons. The van der Waals surface area contributed by atoms with E-state index in [9.17, 15) is 4.79 Å². The molecule has 2 aromatic carbocycles. The van der Waals surface area contributed by atoms with Crippen LogP contribution in [0.3, 0.4) is 0 Å². The van der Waals surface area contributed by atoms with Crippen molar-refractivity contribution in [1.82, 2.24) is 5.32 Å². The minimum Gasteiger partial charge on any atom is -0.489 e. The van der Waals surface area contributed by atoms with Crippen LogP contribution in [0, 0.1) is 0 Å². The number of carbonyl (C=O) groups excluding carboxylic acids is 1. The van der Waals surface area contributed by atoms with Crippen molar-refractivity contribution in [2.24, 2.45) is 0 Å². The first-order chi connectivity index (χ1) is 11.6. The summed E-state index contributed by atoms with van der Waals surface area (Å²) in [6, 6.07) is 17.5. The first-order valence-corrected chi connectivity index (χ1v) is 9.08. The van der Waals surface area contributed by atoms with Crippen LogP contribution in [0.1, 0.15) is 22.8 Å². The zero-order valence-electron chi connectivity index (χ0n) is 14.0. The van der Waals surface area contributed by atoms with E-state index >= 15 is 0 Å². The third-order valence-corrected chi connectivity index (χ3v) is 4.26. The van der Waals surface area contributed by atoms with E-state index in [2.05, 4.69) is 24.0 Å². The molecule has 0 fully saturated rings. The Morgan fingerprint density at radius 2 is 1.96 bits per heavy atom. The molecular formula is C20H23NO2S. The molecule has 0 atom stereocenters. The van der Waals surface area contributed by atoms with Crippen LogP contribution in [0.2, 0.25) is 0 Å². The highest BCUT2D eigenvalue weighted by Crippen LogP contribution is 2.14. The second-order valence-electron chi connectivity index (χ2n) is 5.57. The molecule has 3 nitrogen and oxygen atoms in total. The lowest BCUT2D eigenvalue weighted by Gasteiger charge is -2.09. The molecule has 1 N–H and O–H groups in total. The Morgan fingerprint density at radius 1 is 1.17 bits per heavy atom. The fraction of sp³-hybridized carbons (Fsp3) is 0.250. The van der Waals surface area contributed by atoms with Crippen LogP contribution in [0.5, 0.6) is 5.75 Å². The zero-order valence-corrected chi connectivity index (χ0v) is 14.8. The van der Waals surface area contributed by atoms with Gasteiger partial charge in [0.1, 0.15) is 12.4 Å². The van der Waals surface area contributed by atoms with E-state index in [0.29, 0.717) is 24.5 Å². The third kappa shape index (κ3) is 6.50. The predicted octanol–water partition coefficient (Wildman–Crippen LogP) is 4.30. The number of nitrogens with one attached hydrogen (secondary N) is 1. The van der Waals surface area contributed by atoms with Crippen molar-refractivity contribution in [2.45, 2.75) is 12.7 Å². The molecule has 0 bridgehead atoms. The third-order valence-electron chi connectivity index (χ3n) is 3.22. The molecule has 0 saturated heterocycles. The smallest absolute Gasteiger partial charge is 0.251 e. The highest BCUT2D eigenvalue weighted by Gasteiger charge is 2.06. The lowest BCUT2D eigenvalue weighted by Crippen LogP contribution is -2.25. The number of hydrogen-bond acceptors (Lipinski definition) is 3. The maximum atomic E-state index is 12.2. The molecule has 2 aromatic rings. The normalized spacial score (nSPS) is 10.2. The van der Waals surface area contributed by atoms with Crippen LogP contribution in [0.4, 0.5) is 0 Å². The van der Waals surface area contributed by atoms with E-state index in [1.54, 1.807) is 12.1 Å². The van der Waals surface area contributed by atoms with Crippen LogP contribution >= 0.6 is 11.8 Å². The van der Waals surface area contributed by atoms with Crippen molar-refractivity contribution in [1.29, 1.82) is 0 Å². The number of carbonyl (C=O) groups is 1. The van der Waals surface area contributed by atoms with Gasteiger partial charge in [-0.1, -0.05) is 43.0 Å². The van der Waals surface area contributed by atoms with Gasteiger partial charge in [0.2, 0.25) is 0 Å². The van der Waals surface area contributed by atoms with Crippen molar-refractivity contribution in [3.05, 3.63) is 77.9 Å². The SMILES string of the molecule is C=C(C)COc1cccc(C(=O)NCCSCc2ccccc2)c1. The number of rotatable bonds is 9. The molecule has 0 heterocycles. The van der Waals surface area contributed by atoms with Crippen molar-refractivity contribution in [2.75, 3.05) is 18.9 Å². The predicted molar refractivity (Wildman–Crippen MR) is 102 cm³/mol. The summed E-state index contributed by atoms with van der Waals surface area (Å²) in [7, 11) is 0. The number of thioether (sulfide) groups is 1. The molecule has 0 unspecified atom stereocenters. The zero-order chi connectivity index (χ0) is 17.2. The summed E-state index contributed by atoms with van der Waals surface area (Å²) in [5.41, 5.74) is 2.86. The van der Waals surface area contributed by atoms with E-state index in [1.165, 1.54) is 5.56 Å². The molecule has 0 aromatic heterocycles. The summed E-state index contributed by atoms with van der Waals surface area (Å²) in [5, 5.41) is 2.94. The molecular weight excluding hydrogens is 318 g/mol. The molecule has 0 saturated carbocycles. The largest absolute Gasteiger partial charge is 0.489 e. The molecule has 2 rings (SSSR count). The molecule has 126 valence electrons. The Hall–Kier alpha value is -2.20. The van der Waals surface area contributed by atoms with Crippen LogP contribution in [-0.4, -0.2) is 24.8 Å². The average molecular weight is 341 g/mol. The van der Waals surface area contributed by atoms with Crippen molar-refractivity contribution in [3.8, 4) is 5.75 Å². The molecule has 0 aliphatic heterocycles. The lowest BCUT2D eigenvalue weighted by atomic mass is 10.2. The van der Waals surface area contributed by atoms with Gasteiger partial charge in [-0.05, 0) is 36.3 Å². The standard InChI is InChI=1S/C20H23NO2S/c1-16(2)14-23-19-10-6-9-18(13-19)20(22)21-11-12-24-15-17-7-4-3-5-8-17/h3-10,13H,1,11-12,14-15H2,2H3,(H,21,22). The lowest BCUT2D eigenvalue weighted by molar-refractivity contribution is 0.0956. The topological polar surface area (TPSA) is 38.3 Å². The van der Waals surface area contributed by atoms with Gasteiger partial charge in [-0.15, -0.1) is 0 Å². The summed E-state index contributed by atoms with van der Waals surface area (Å²) in [6.45, 7) is 6.81. The number of hydrogen-bond donors (Lipinski definition) is 1. The minimum atomic E-state index is -0.0731. The Morgan fingerprint density at radius 3 is 2.71 bits per heavy atom. The van der Waals surface area contributed by atoms with Crippen LogP contribution in [0.15, 0.2) is 66.7 Å². The highest BCUT2D eigenvalue weighted by atomic mass is 32.2. The Labute approximate surface area is 148 Å². The second kappa shape index (κ2) is 9.83. The van der Waals surface area contributed by atoms with E-state index in [4.69, 9.17) is 4.74 Å². The maximum absolute atomic E-state index is 12.2. The van der Waals surface area contributed by atoms with E-state index in [0.717, 1.165) is 17.1 Å². The fourth-order valence-electron chi connectivity index (χ4n) is 2.04. The molecule has 0 aliphatic carbocycles. The first-order valence-electron chi connectivity index (χ1n) is 7.92. The van der Waals surface area contributed by atoms with E-state index < -0.39 is 0 Å². The maximum Gasteiger partial charge on any atom is 0.251 e. The molecule has 0 aliphatic rings. The first kappa shape index (κ1) is 18.1. The number of amides is 1. The summed E-state index contributed by atoms with van der Waals surface area (Å²) in [6.07, 6.45) is 0. The van der Waals surface area contributed by atoms with Gasteiger partial charge >= 0.3 is 0 Å². The van der Waals surface area contributed by atoms with Crippen molar-refractivity contribution >= 4 is 17.7 Å². The van der Waals surface area contributed by atoms with Gasteiger partial charge in [-0.25, -0.2) is 0 Å². The Bertz CT molecular complexity index is 670. The molecule has 0 spiro atoms. The van der Waals surface area contributed by atoms with Crippen LogP contribution in [0.25, 0.3) is 0 Å². The quantitative estimate of drug-likeness (QED) is 0.546. The fourth-order valence-corrected chi connectivity index (χ4v) is 2.86. The Balaban J connectivity index is 1.72. The van der Waals surface area contributed by atoms with Gasteiger partial charge in [-0.2, -0.15) is 11.8 Å². The molecule has 1 amide bonds.